The predicted octanol–water partition coefficient (Wildman–Crippen LogP) is 3.31. The van der Waals surface area contributed by atoms with Gasteiger partial charge < -0.3 is 15.5 Å². The Morgan fingerprint density at radius 3 is 2.36 bits per heavy atom. The molecule has 2 rings (SSSR count). The van der Waals surface area contributed by atoms with Gasteiger partial charge in [0.05, 0.1) is 21.3 Å². The number of carboxylic acids is 1. The van der Waals surface area contributed by atoms with Crippen LogP contribution in [0.4, 0.5) is 5.69 Å². The molecule has 0 atom stereocenters. The molecule has 11 heteroatoms. The Balaban J connectivity index is 2.46. The maximum Gasteiger partial charge on any atom is 0.335 e. The smallest absolute Gasteiger partial charge is 0.335 e. The van der Waals surface area contributed by atoms with Crippen molar-refractivity contribution in [2.75, 3.05) is 5.32 Å². The monoisotopic (exact) mass is 424 g/mol. The van der Waals surface area contributed by atoms with Gasteiger partial charge in [0.25, 0.3) is 0 Å². The van der Waals surface area contributed by atoms with Crippen molar-refractivity contribution in [3.8, 4) is 5.75 Å². The molecule has 0 aliphatic heterocycles. The summed E-state index contributed by atoms with van der Waals surface area (Å²) < 4.78 is 23.2. The van der Waals surface area contributed by atoms with E-state index >= 15 is 0 Å². The minimum absolute atomic E-state index is 0.00101. The molecule has 134 valence electrons. The van der Waals surface area contributed by atoms with E-state index in [4.69, 9.17) is 45.0 Å². The van der Waals surface area contributed by atoms with Gasteiger partial charge in [0.15, 0.2) is 0 Å². The fourth-order valence-corrected chi connectivity index (χ4v) is 3.69. The number of anilines is 1. The summed E-state index contributed by atoms with van der Waals surface area (Å²) in [5, 5.41) is 26.9. The molecule has 5 N–H and O–H groups in total. The van der Waals surface area contributed by atoms with Gasteiger partial charge >= 0.3 is 5.97 Å². The predicted molar refractivity (Wildman–Crippen MR) is 95.2 cm³/mol. The van der Waals surface area contributed by atoms with Crippen LogP contribution in [0.3, 0.4) is 0 Å². The molecule has 7 nitrogen and oxygen atoms in total. The molecule has 0 spiro atoms. The second-order valence-electron chi connectivity index (χ2n) is 4.93. The third kappa shape index (κ3) is 4.47. The Hall–Kier alpha value is -1.71. The van der Waals surface area contributed by atoms with Crippen molar-refractivity contribution in [2.24, 2.45) is 5.14 Å². The first kappa shape index (κ1) is 19.6. The van der Waals surface area contributed by atoms with Gasteiger partial charge in [-0.15, -0.1) is 0 Å². The number of nitrogens with two attached hydrogens (primary N) is 1. The van der Waals surface area contributed by atoms with E-state index in [0.717, 1.165) is 12.1 Å². The topological polar surface area (TPSA) is 130 Å². The first-order valence-electron chi connectivity index (χ1n) is 6.51. The van der Waals surface area contributed by atoms with Crippen LogP contribution in [0.5, 0.6) is 5.75 Å². The van der Waals surface area contributed by atoms with Gasteiger partial charge in [-0.1, -0.05) is 34.8 Å². The first-order chi connectivity index (χ1) is 11.5. The fourth-order valence-electron chi connectivity index (χ4n) is 2.00. The molecule has 2 aromatic carbocycles. The second-order valence-corrected chi connectivity index (χ2v) is 7.69. The highest BCUT2D eigenvalue weighted by atomic mass is 35.5. The summed E-state index contributed by atoms with van der Waals surface area (Å²) in [6, 6.07) is 4.78. The number of nitrogens with one attached hydrogen (secondary N) is 1. The Bertz CT molecular complexity index is 963. The van der Waals surface area contributed by atoms with Crippen molar-refractivity contribution in [3.05, 3.63) is 50.5 Å². The summed E-state index contributed by atoms with van der Waals surface area (Å²) >= 11 is 17.7. The SMILES string of the molecule is NS(=O)(=O)c1cc(C(=O)O)cc(NCc2cc(Cl)cc(Cl)c2O)c1Cl. The van der Waals surface area contributed by atoms with Crippen molar-refractivity contribution < 1.29 is 23.4 Å². The number of rotatable bonds is 5. The number of aromatic hydroxyl groups is 1. The number of hydrogen-bond donors (Lipinski definition) is 4. The molecule has 25 heavy (non-hydrogen) atoms. The van der Waals surface area contributed by atoms with Crippen molar-refractivity contribution in [1.29, 1.82) is 0 Å². The number of benzene rings is 2. The minimum atomic E-state index is -4.24. The van der Waals surface area contributed by atoms with E-state index in [1.807, 2.05) is 0 Å². The van der Waals surface area contributed by atoms with E-state index in [1.165, 1.54) is 12.1 Å². The Morgan fingerprint density at radius 2 is 1.80 bits per heavy atom. The summed E-state index contributed by atoms with van der Waals surface area (Å²) in [5.74, 6) is -1.59. The third-order valence-corrected chi connectivity index (χ3v) is 5.13. The standard InChI is InChI=1S/C14H11Cl3N2O5S/c15-8-1-7(13(20)9(16)4-8)5-19-10-2-6(14(21)22)3-11(12(10)17)25(18,23)24/h1-4,19-20H,5H2,(H,21,22)(H2,18,23,24). The summed E-state index contributed by atoms with van der Waals surface area (Å²) in [7, 11) is -4.24. The van der Waals surface area contributed by atoms with E-state index in [1.54, 1.807) is 0 Å². The number of aromatic carboxylic acids is 1. The Morgan fingerprint density at radius 1 is 1.16 bits per heavy atom. The summed E-state index contributed by atoms with van der Waals surface area (Å²) in [6.45, 7) is -0.0566. The van der Waals surface area contributed by atoms with Gasteiger partial charge in [0, 0.05) is 17.1 Å². The van der Waals surface area contributed by atoms with E-state index in [-0.39, 0.29) is 38.6 Å². The van der Waals surface area contributed by atoms with Crippen LogP contribution in [0.15, 0.2) is 29.2 Å². The van der Waals surface area contributed by atoms with Gasteiger partial charge in [-0.2, -0.15) is 0 Å². The average molecular weight is 426 g/mol. The van der Waals surface area contributed by atoms with Crippen molar-refractivity contribution in [1.82, 2.24) is 0 Å². The van der Waals surface area contributed by atoms with Crippen LogP contribution in [0.1, 0.15) is 15.9 Å². The molecule has 0 heterocycles. The number of sulfonamides is 1. The molecule has 0 fully saturated rings. The zero-order valence-electron chi connectivity index (χ0n) is 12.3. The van der Waals surface area contributed by atoms with Gasteiger partial charge in [0.1, 0.15) is 10.6 Å². The Labute approximate surface area is 158 Å². The van der Waals surface area contributed by atoms with Crippen LogP contribution in [0, 0.1) is 0 Å². The number of carbonyl (C=O) groups is 1. The molecule has 0 radical (unpaired) electrons. The quantitative estimate of drug-likeness (QED) is 0.581. The van der Waals surface area contributed by atoms with Crippen LogP contribution in [-0.2, 0) is 16.6 Å². The first-order valence-corrected chi connectivity index (χ1v) is 9.19. The average Bonchev–Trinajstić information content (AvgIpc) is 2.49. The van der Waals surface area contributed by atoms with Gasteiger partial charge in [0.2, 0.25) is 10.0 Å². The molecule has 0 aliphatic rings. The number of phenolic OH excluding ortho intramolecular Hbond substituents is 1. The highest BCUT2D eigenvalue weighted by Gasteiger charge is 2.20. The Kier molecular flexibility index (Phi) is 5.70. The van der Waals surface area contributed by atoms with E-state index in [2.05, 4.69) is 5.32 Å². The molecular weight excluding hydrogens is 415 g/mol. The number of phenols is 1. The molecule has 0 saturated carbocycles. The normalized spacial score (nSPS) is 11.4. The van der Waals surface area contributed by atoms with Crippen molar-refractivity contribution in [2.45, 2.75) is 11.4 Å². The van der Waals surface area contributed by atoms with Crippen LogP contribution >= 0.6 is 34.8 Å². The molecule has 0 unspecified atom stereocenters. The summed E-state index contributed by atoms with van der Waals surface area (Å²) in [5.41, 5.74) is -0.0307. The molecule has 0 amide bonds. The van der Waals surface area contributed by atoms with Crippen LogP contribution in [0.2, 0.25) is 15.1 Å². The van der Waals surface area contributed by atoms with Gasteiger partial charge in [-0.25, -0.2) is 18.4 Å². The van der Waals surface area contributed by atoms with E-state index < -0.39 is 20.9 Å². The van der Waals surface area contributed by atoms with Crippen LogP contribution < -0.4 is 10.5 Å². The maximum atomic E-state index is 11.6. The molecule has 2 aromatic rings. The third-order valence-electron chi connectivity index (χ3n) is 3.17. The van der Waals surface area contributed by atoms with Gasteiger partial charge in [-0.3, -0.25) is 0 Å². The highest BCUT2D eigenvalue weighted by molar-refractivity contribution is 7.89. The lowest BCUT2D eigenvalue weighted by atomic mass is 10.1. The zero-order chi connectivity index (χ0) is 18.9. The fraction of sp³-hybridized carbons (Fsp3) is 0.0714. The largest absolute Gasteiger partial charge is 0.506 e. The van der Waals surface area contributed by atoms with E-state index in [0.29, 0.717) is 5.56 Å². The second kappa shape index (κ2) is 7.27. The lowest BCUT2D eigenvalue weighted by molar-refractivity contribution is 0.0696. The number of hydrogen-bond acceptors (Lipinski definition) is 5. The van der Waals surface area contributed by atoms with Crippen LogP contribution in [-0.4, -0.2) is 24.6 Å². The number of halogens is 3. The molecule has 0 bridgehead atoms. The lowest BCUT2D eigenvalue weighted by Gasteiger charge is -2.14. The molecule has 0 aromatic heterocycles. The van der Waals surface area contributed by atoms with Crippen molar-refractivity contribution >= 4 is 56.5 Å². The van der Waals surface area contributed by atoms with E-state index in [9.17, 15) is 18.3 Å². The summed E-state index contributed by atoms with van der Waals surface area (Å²) in [6.07, 6.45) is 0. The molecular formula is C14H11Cl3N2O5S. The molecule has 0 saturated heterocycles. The minimum Gasteiger partial charge on any atom is -0.506 e. The highest BCUT2D eigenvalue weighted by Crippen LogP contribution is 2.34. The number of carboxylic acid groups (broad SMARTS) is 1. The van der Waals surface area contributed by atoms with Crippen molar-refractivity contribution in [3.63, 3.8) is 0 Å². The maximum absolute atomic E-state index is 11.6. The number of primary sulfonamides is 1. The van der Waals surface area contributed by atoms with Gasteiger partial charge in [-0.05, 0) is 24.3 Å². The zero-order valence-corrected chi connectivity index (χ0v) is 15.3. The van der Waals surface area contributed by atoms with Crippen LogP contribution in [0.25, 0.3) is 0 Å². The summed E-state index contributed by atoms with van der Waals surface area (Å²) in [4.78, 5) is 10.6. The lowest BCUT2D eigenvalue weighted by Crippen LogP contribution is -2.15. The molecule has 0 aliphatic carbocycles.